The molecule has 2 aromatic rings. The lowest BCUT2D eigenvalue weighted by Gasteiger charge is -2.35. The minimum Gasteiger partial charge on any atom is -0.496 e. The smallest absolute Gasteiger partial charge is 0.339 e. The number of anilines is 2. The molecule has 0 aromatic heterocycles. The number of benzene rings is 2. The maximum Gasteiger partial charge on any atom is 0.339 e. The van der Waals surface area contributed by atoms with Crippen molar-refractivity contribution in [2.24, 2.45) is 0 Å². The van der Waals surface area contributed by atoms with Gasteiger partial charge in [-0.3, -0.25) is 0 Å². The van der Waals surface area contributed by atoms with Crippen molar-refractivity contribution in [1.29, 1.82) is 5.26 Å². The molecule has 1 aliphatic rings. The van der Waals surface area contributed by atoms with Crippen LogP contribution in [0.4, 0.5) is 11.4 Å². The highest BCUT2D eigenvalue weighted by Crippen LogP contribution is 2.29. The second-order valence-corrected chi connectivity index (χ2v) is 6.71. The maximum absolute atomic E-state index is 11.5. The topological polar surface area (TPSA) is 85.6 Å². The molecule has 0 unspecified atom stereocenters. The number of aryl methyl sites for hydroxylation is 1. The highest BCUT2D eigenvalue weighted by Gasteiger charge is 2.22. The zero-order valence-electron chi connectivity index (χ0n) is 15.5. The lowest BCUT2D eigenvalue weighted by Crippen LogP contribution is -2.39. The molecule has 2 N–H and O–H groups in total. The van der Waals surface area contributed by atoms with Gasteiger partial charge in [0.05, 0.1) is 18.4 Å². The SMILES string of the molecule is COc1cc(C)c(NC2CCN(c3ccccc3C#N)CC2)cc1C(=O)O. The summed E-state index contributed by atoms with van der Waals surface area (Å²) in [6.07, 6.45) is 1.82. The van der Waals surface area contributed by atoms with Crippen LogP contribution in [-0.2, 0) is 0 Å². The van der Waals surface area contributed by atoms with Gasteiger partial charge in [-0.2, -0.15) is 5.26 Å². The lowest BCUT2D eigenvalue weighted by molar-refractivity contribution is 0.0693. The van der Waals surface area contributed by atoms with E-state index in [2.05, 4.69) is 16.3 Å². The molecular weight excluding hydrogens is 342 g/mol. The van der Waals surface area contributed by atoms with E-state index in [4.69, 9.17) is 4.74 Å². The van der Waals surface area contributed by atoms with Crippen molar-refractivity contribution in [1.82, 2.24) is 0 Å². The number of nitrogens with zero attached hydrogens (tertiary/aromatic N) is 2. The summed E-state index contributed by atoms with van der Waals surface area (Å²) in [7, 11) is 1.48. The van der Waals surface area contributed by atoms with Crippen LogP contribution < -0.4 is 15.0 Å². The quantitative estimate of drug-likeness (QED) is 0.841. The van der Waals surface area contributed by atoms with Crippen molar-refractivity contribution in [3.8, 4) is 11.8 Å². The van der Waals surface area contributed by atoms with Crippen molar-refractivity contribution in [2.45, 2.75) is 25.8 Å². The Kier molecular flexibility index (Phi) is 5.51. The number of carbonyl (C=O) groups is 1. The summed E-state index contributed by atoms with van der Waals surface area (Å²) < 4.78 is 5.18. The van der Waals surface area contributed by atoms with Crippen molar-refractivity contribution < 1.29 is 14.6 Å². The van der Waals surface area contributed by atoms with E-state index in [-0.39, 0.29) is 11.6 Å². The fourth-order valence-electron chi connectivity index (χ4n) is 3.50. The Labute approximate surface area is 159 Å². The molecule has 0 amide bonds. The molecule has 3 rings (SSSR count). The summed E-state index contributed by atoms with van der Waals surface area (Å²) >= 11 is 0. The lowest BCUT2D eigenvalue weighted by atomic mass is 10.0. The van der Waals surface area contributed by atoms with Crippen LogP contribution in [0.15, 0.2) is 36.4 Å². The average molecular weight is 365 g/mol. The third-order valence-corrected chi connectivity index (χ3v) is 5.00. The van der Waals surface area contributed by atoms with Crippen LogP contribution in [0.5, 0.6) is 5.75 Å². The molecule has 0 bridgehead atoms. The van der Waals surface area contributed by atoms with E-state index in [1.165, 1.54) is 7.11 Å². The molecule has 0 spiro atoms. The molecule has 1 saturated heterocycles. The number of nitrogens with one attached hydrogen (secondary N) is 1. The summed E-state index contributed by atoms with van der Waals surface area (Å²) in [5.74, 6) is -0.633. The number of methoxy groups -OCH3 is 1. The molecular formula is C21H23N3O3. The molecule has 140 valence electrons. The number of carboxylic acids is 1. The molecule has 1 fully saturated rings. The molecule has 0 atom stereocenters. The summed E-state index contributed by atoms with van der Waals surface area (Å²) in [6.45, 7) is 3.63. The number of hydrogen-bond acceptors (Lipinski definition) is 5. The molecule has 2 aromatic carbocycles. The van der Waals surface area contributed by atoms with Gasteiger partial charge >= 0.3 is 5.97 Å². The van der Waals surface area contributed by atoms with Crippen LogP contribution >= 0.6 is 0 Å². The van der Waals surface area contributed by atoms with Crippen LogP contribution in [0.25, 0.3) is 0 Å². The minimum absolute atomic E-state index is 0.158. The Bertz CT molecular complexity index is 881. The van der Waals surface area contributed by atoms with Crippen LogP contribution in [0.2, 0.25) is 0 Å². The van der Waals surface area contributed by atoms with E-state index < -0.39 is 5.97 Å². The van der Waals surface area contributed by atoms with Gasteiger partial charge in [-0.25, -0.2) is 4.79 Å². The van der Waals surface area contributed by atoms with Gasteiger partial charge in [0.2, 0.25) is 0 Å². The number of para-hydroxylation sites is 1. The first-order valence-corrected chi connectivity index (χ1v) is 8.96. The standard InChI is InChI=1S/C21H23N3O3/c1-14-11-20(27-2)17(21(25)26)12-18(14)23-16-7-9-24(10-8-16)19-6-4-3-5-15(19)13-22/h3-6,11-12,16,23H,7-10H2,1-2H3,(H,25,26). The number of rotatable bonds is 5. The van der Waals surface area contributed by atoms with Crippen molar-refractivity contribution in [2.75, 3.05) is 30.4 Å². The number of aromatic carboxylic acids is 1. The van der Waals surface area contributed by atoms with Gasteiger partial charge in [0.15, 0.2) is 0 Å². The molecule has 27 heavy (non-hydrogen) atoms. The summed E-state index contributed by atoms with van der Waals surface area (Å²) in [4.78, 5) is 13.7. The number of ether oxygens (including phenoxy) is 1. The monoisotopic (exact) mass is 365 g/mol. The van der Waals surface area contributed by atoms with E-state index in [0.29, 0.717) is 11.3 Å². The molecule has 6 nitrogen and oxygen atoms in total. The first-order chi connectivity index (χ1) is 13.0. The van der Waals surface area contributed by atoms with E-state index >= 15 is 0 Å². The fourth-order valence-corrected chi connectivity index (χ4v) is 3.50. The van der Waals surface area contributed by atoms with Gasteiger partial charge in [-0.05, 0) is 49.6 Å². The normalized spacial score (nSPS) is 14.5. The number of piperidine rings is 1. The maximum atomic E-state index is 11.5. The highest BCUT2D eigenvalue weighted by atomic mass is 16.5. The third kappa shape index (κ3) is 3.98. The Morgan fingerprint density at radius 3 is 2.63 bits per heavy atom. The number of carboxylic acid groups (broad SMARTS) is 1. The Morgan fingerprint density at radius 2 is 2.00 bits per heavy atom. The summed E-state index contributed by atoms with van der Waals surface area (Å²) in [5.41, 5.74) is 3.61. The molecule has 0 aliphatic carbocycles. The number of hydrogen-bond donors (Lipinski definition) is 2. The molecule has 0 radical (unpaired) electrons. The van der Waals surface area contributed by atoms with Gasteiger partial charge < -0.3 is 20.1 Å². The first-order valence-electron chi connectivity index (χ1n) is 8.96. The van der Waals surface area contributed by atoms with Crippen LogP contribution in [0.3, 0.4) is 0 Å². The first kappa shape index (κ1) is 18.6. The van der Waals surface area contributed by atoms with Gasteiger partial charge in [0.1, 0.15) is 17.4 Å². The number of nitriles is 1. The van der Waals surface area contributed by atoms with Crippen molar-refractivity contribution >= 4 is 17.3 Å². The third-order valence-electron chi connectivity index (χ3n) is 5.00. The zero-order chi connectivity index (χ0) is 19.4. The predicted octanol–water partition coefficient (Wildman–Crippen LogP) is 3.65. The molecule has 0 saturated carbocycles. The van der Waals surface area contributed by atoms with Gasteiger partial charge in [-0.1, -0.05) is 12.1 Å². The zero-order valence-corrected chi connectivity index (χ0v) is 15.5. The second kappa shape index (κ2) is 8.00. The van der Waals surface area contributed by atoms with Crippen LogP contribution in [0.1, 0.15) is 34.3 Å². The highest BCUT2D eigenvalue weighted by molar-refractivity contribution is 5.92. The van der Waals surface area contributed by atoms with Crippen molar-refractivity contribution in [3.05, 3.63) is 53.1 Å². The second-order valence-electron chi connectivity index (χ2n) is 6.71. The van der Waals surface area contributed by atoms with Gasteiger partial charge in [0.25, 0.3) is 0 Å². The van der Waals surface area contributed by atoms with Crippen LogP contribution in [0, 0.1) is 18.3 Å². The van der Waals surface area contributed by atoms with Crippen LogP contribution in [-0.4, -0.2) is 37.3 Å². The summed E-state index contributed by atoms with van der Waals surface area (Å²) in [6, 6.07) is 13.6. The van der Waals surface area contributed by atoms with E-state index in [1.54, 1.807) is 12.1 Å². The average Bonchev–Trinajstić information content (AvgIpc) is 2.69. The van der Waals surface area contributed by atoms with Gasteiger partial charge in [-0.15, -0.1) is 0 Å². The van der Waals surface area contributed by atoms with Crippen molar-refractivity contribution in [3.63, 3.8) is 0 Å². The molecule has 6 heteroatoms. The minimum atomic E-state index is -1.00. The van der Waals surface area contributed by atoms with E-state index in [1.807, 2.05) is 31.2 Å². The molecule has 1 heterocycles. The predicted molar refractivity (Wildman–Crippen MR) is 105 cm³/mol. The fraction of sp³-hybridized carbons (Fsp3) is 0.333. The summed E-state index contributed by atoms with van der Waals surface area (Å²) in [5, 5.41) is 22.2. The van der Waals surface area contributed by atoms with Gasteiger partial charge in [0, 0.05) is 24.8 Å². The largest absolute Gasteiger partial charge is 0.496 e. The Hall–Kier alpha value is -3.20. The Morgan fingerprint density at radius 1 is 1.30 bits per heavy atom. The van der Waals surface area contributed by atoms with E-state index in [0.717, 1.165) is 42.9 Å². The molecule has 1 aliphatic heterocycles. The van der Waals surface area contributed by atoms with E-state index in [9.17, 15) is 15.2 Å². The Balaban J connectivity index is 1.70.